The molecule has 35 heavy (non-hydrogen) atoms. The molecule has 182 valence electrons. The van der Waals surface area contributed by atoms with Crippen LogP contribution >= 0.6 is 34.8 Å². The Morgan fingerprint density at radius 2 is 1.60 bits per heavy atom. The van der Waals surface area contributed by atoms with Crippen LogP contribution in [0.2, 0.25) is 15.1 Å². The molecule has 2 N–H and O–H groups in total. The average molecular weight is 533 g/mol. The molecule has 0 aliphatic rings. The number of hydrogen-bond acceptors (Lipinski definition) is 4. The maximum Gasteiger partial charge on any atom is 0.262 e. The van der Waals surface area contributed by atoms with Crippen molar-refractivity contribution in [2.75, 3.05) is 0 Å². The van der Waals surface area contributed by atoms with Crippen LogP contribution < -0.4 is 15.5 Å². The Morgan fingerprint density at radius 1 is 0.943 bits per heavy atom. The van der Waals surface area contributed by atoms with Gasteiger partial charge in [-0.05, 0) is 71.6 Å². The molecule has 9 heteroatoms. The van der Waals surface area contributed by atoms with Crippen molar-refractivity contribution >= 4 is 52.8 Å². The van der Waals surface area contributed by atoms with Crippen LogP contribution in [0, 0.1) is 5.92 Å². The summed E-state index contributed by atoms with van der Waals surface area (Å²) in [5.41, 5.74) is 4.48. The molecule has 0 saturated carbocycles. The van der Waals surface area contributed by atoms with Crippen molar-refractivity contribution < 1.29 is 14.3 Å². The maximum absolute atomic E-state index is 12.7. The largest absolute Gasteiger partial charge is 0.489 e. The third-order valence-electron chi connectivity index (χ3n) is 5.00. The van der Waals surface area contributed by atoms with Crippen LogP contribution in [-0.2, 0) is 11.4 Å². The zero-order valence-corrected chi connectivity index (χ0v) is 21.4. The molecule has 6 nitrogen and oxygen atoms in total. The predicted molar refractivity (Wildman–Crippen MR) is 141 cm³/mol. The fourth-order valence-corrected chi connectivity index (χ4v) is 3.69. The summed E-state index contributed by atoms with van der Waals surface area (Å²) >= 11 is 17.9. The second-order valence-corrected chi connectivity index (χ2v) is 9.32. The van der Waals surface area contributed by atoms with Gasteiger partial charge in [0.1, 0.15) is 18.4 Å². The van der Waals surface area contributed by atoms with Gasteiger partial charge in [0.05, 0.1) is 16.8 Å². The van der Waals surface area contributed by atoms with Gasteiger partial charge in [-0.1, -0.05) is 60.8 Å². The first-order chi connectivity index (χ1) is 16.7. The number of rotatable bonds is 9. The summed E-state index contributed by atoms with van der Waals surface area (Å²) in [4.78, 5) is 25.3. The number of nitrogens with one attached hydrogen (secondary N) is 2. The standard InChI is InChI=1S/C26H24Cl3N3O3/c1-16(2)24(31-25(33)22-12-9-20(28)13-23(22)29)26(34)32-30-14-17-5-10-21(11-6-17)35-15-18-3-7-19(27)8-4-18/h3-14,16,24H,15H2,1-2H3,(H,31,33)(H,32,34)/b30-14-. The molecule has 0 aliphatic carbocycles. The first kappa shape index (κ1) is 26.5. The summed E-state index contributed by atoms with van der Waals surface area (Å²) in [5.74, 6) is -0.404. The Kier molecular flexibility index (Phi) is 9.55. The molecule has 3 aromatic carbocycles. The van der Waals surface area contributed by atoms with E-state index in [0.29, 0.717) is 22.4 Å². The number of carbonyl (C=O) groups excluding carboxylic acids is 2. The Hall–Kier alpha value is -3.06. The van der Waals surface area contributed by atoms with E-state index in [1.54, 1.807) is 6.07 Å². The Balaban J connectivity index is 1.54. The molecule has 0 aliphatic heterocycles. The number of benzene rings is 3. The summed E-state index contributed by atoms with van der Waals surface area (Å²) in [7, 11) is 0. The van der Waals surface area contributed by atoms with Crippen molar-refractivity contribution in [1.29, 1.82) is 0 Å². The summed E-state index contributed by atoms with van der Waals surface area (Å²) in [6, 6.07) is 18.4. The second-order valence-electron chi connectivity index (χ2n) is 8.04. The summed E-state index contributed by atoms with van der Waals surface area (Å²) in [6.07, 6.45) is 1.51. The van der Waals surface area contributed by atoms with Gasteiger partial charge in [0.15, 0.2) is 0 Å². The van der Waals surface area contributed by atoms with E-state index in [2.05, 4.69) is 15.8 Å². The summed E-state index contributed by atoms with van der Waals surface area (Å²) in [5, 5.41) is 8.02. The molecule has 3 aromatic rings. The molecule has 3 rings (SSSR count). The van der Waals surface area contributed by atoms with Gasteiger partial charge in [-0.2, -0.15) is 5.10 Å². The Bertz CT molecular complexity index is 1200. The molecule has 0 bridgehead atoms. The SMILES string of the molecule is CC(C)C(NC(=O)c1ccc(Cl)cc1Cl)C(=O)N/N=C\c1ccc(OCc2ccc(Cl)cc2)cc1. The first-order valence-corrected chi connectivity index (χ1v) is 11.9. The summed E-state index contributed by atoms with van der Waals surface area (Å²) < 4.78 is 5.76. The van der Waals surface area contributed by atoms with Crippen LogP contribution in [0.3, 0.4) is 0 Å². The van der Waals surface area contributed by atoms with Crippen LogP contribution in [0.4, 0.5) is 0 Å². The van der Waals surface area contributed by atoms with E-state index in [1.807, 2.05) is 62.4 Å². The Morgan fingerprint density at radius 3 is 2.23 bits per heavy atom. The van der Waals surface area contributed by atoms with Crippen molar-refractivity contribution in [3.05, 3.63) is 98.5 Å². The molecule has 0 spiro atoms. The van der Waals surface area contributed by atoms with Crippen molar-refractivity contribution in [1.82, 2.24) is 10.7 Å². The number of halogens is 3. The number of carbonyl (C=O) groups is 2. The van der Waals surface area contributed by atoms with Gasteiger partial charge in [0.25, 0.3) is 11.8 Å². The highest BCUT2D eigenvalue weighted by atomic mass is 35.5. The highest BCUT2D eigenvalue weighted by molar-refractivity contribution is 6.36. The lowest BCUT2D eigenvalue weighted by atomic mass is 10.0. The van der Waals surface area contributed by atoms with Crippen LogP contribution in [-0.4, -0.2) is 24.1 Å². The molecular formula is C26H24Cl3N3O3. The third-order valence-corrected chi connectivity index (χ3v) is 5.80. The van der Waals surface area contributed by atoms with Crippen LogP contribution in [0.15, 0.2) is 71.8 Å². The quantitative estimate of drug-likeness (QED) is 0.257. The lowest BCUT2D eigenvalue weighted by Crippen LogP contribution is -2.48. The molecular weight excluding hydrogens is 509 g/mol. The molecule has 0 aromatic heterocycles. The number of nitrogens with zero attached hydrogens (tertiary/aromatic N) is 1. The zero-order valence-electron chi connectivity index (χ0n) is 19.1. The molecule has 0 fully saturated rings. The van der Waals surface area contributed by atoms with Gasteiger partial charge in [-0.15, -0.1) is 0 Å². The first-order valence-electron chi connectivity index (χ1n) is 10.8. The van der Waals surface area contributed by atoms with Crippen molar-refractivity contribution in [3.63, 3.8) is 0 Å². The number of ether oxygens (including phenoxy) is 1. The minimum Gasteiger partial charge on any atom is -0.489 e. The fraction of sp³-hybridized carbons (Fsp3) is 0.192. The lowest BCUT2D eigenvalue weighted by Gasteiger charge is -2.20. The number of hydrazone groups is 1. The minimum absolute atomic E-state index is 0.183. The predicted octanol–water partition coefficient (Wildman–Crippen LogP) is 6.13. The van der Waals surface area contributed by atoms with E-state index in [0.717, 1.165) is 11.1 Å². The van der Waals surface area contributed by atoms with Crippen molar-refractivity contribution in [2.24, 2.45) is 11.0 Å². The monoisotopic (exact) mass is 531 g/mol. The fourth-order valence-electron chi connectivity index (χ4n) is 3.06. The number of amides is 2. The van der Waals surface area contributed by atoms with Crippen molar-refractivity contribution in [2.45, 2.75) is 26.5 Å². The minimum atomic E-state index is -0.810. The van der Waals surface area contributed by atoms with E-state index >= 15 is 0 Å². The molecule has 2 amide bonds. The topological polar surface area (TPSA) is 79.8 Å². The van der Waals surface area contributed by atoms with E-state index in [4.69, 9.17) is 39.5 Å². The van der Waals surface area contributed by atoms with Gasteiger partial charge < -0.3 is 10.1 Å². The van der Waals surface area contributed by atoms with Crippen LogP contribution in [0.5, 0.6) is 5.75 Å². The molecule has 0 heterocycles. The van der Waals surface area contributed by atoms with Gasteiger partial charge in [0, 0.05) is 10.0 Å². The van der Waals surface area contributed by atoms with Gasteiger partial charge in [0.2, 0.25) is 0 Å². The van der Waals surface area contributed by atoms with Gasteiger partial charge in [-0.25, -0.2) is 5.43 Å². The smallest absolute Gasteiger partial charge is 0.262 e. The molecule has 0 saturated heterocycles. The lowest BCUT2D eigenvalue weighted by molar-refractivity contribution is -0.123. The highest BCUT2D eigenvalue weighted by Gasteiger charge is 2.25. The zero-order chi connectivity index (χ0) is 25.4. The average Bonchev–Trinajstić information content (AvgIpc) is 2.82. The van der Waals surface area contributed by atoms with Crippen LogP contribution in [0.25, 0.3) is 0 Å². The van der Waals surface area contributed by atoms with Crippen molar-refractivity contribution in [3.8, 4) is 5.75 Å². The third kappa shape index (κ3) is 7.99. The second kappa shape index (κ2) is 12.6. The van der Waals surface area contributed by atoms with E-state index in [-0.39, 0.29) is 16.5 Å². The van der Waals surface area contributed by atoms with Gasteiger partial charge in [-0.3, -0.25) is 9.59 Å². The number of hydrogen-bond donors (Lipinski definition) is 2. The van der Waals surface area contributed by atoms with E-state index in [1.165, 1.54) is 18.3 Å². The van der Waals surface area contributed by atoms with Crippen LogP contribution in [0.1, 0.15) is 35.3 Å². The normalized spacial score (nSPS) is 11.9. The maximum atomic E-state index is 12.7. The molecule has 0 radical (unpaired) electrons. The van der Waals surface area contributed by atoms with Gasteiger partial charge >= 0.3 is 0 Å². The Labute approximate surface area is 219 Å². The summed E-state index contributed by atoms with van der Waals surface area (Å²) in [6.45, 7) is 4.06. The van der Waals surface area contributed by atoms with E-state index in [9.17, 15) is 9.59 Å². The molecule has 1 atom stereocenters. The highest BCUT2D eigenvalue weighted by Crippen LogP contribution is 2.21. The van der Waals surface area contributed by atoms with E-state index < -0.39 is 17.9 Å². The molecule has 1 unspecified atom stereocenters.